The van der Waals surface area contributed by atoms with Crippen LogP contribution in [-0.4, -0.2) is 61.1 Å². The molecular weight excluding hydrogens is 280 g/mol. The zero-order valence-electron chi connectivity index (χ0n) is 11.3. The van der Waals surface area contributed by atoms with Crippen LogP contribution in [0.1, 0.15) is 5.56 Å². The molecule has 1 fully saturated rings. The van der Waals surface area contributed by atoms with Crippen molar-refractivity contribution in [2.75, 3.05) is 32.4 Å². The van der Waals surface area contributed by atoms with E-state index in [1.165, 1.54) is 10.6 Å². The van der Waals surface area contributed by atoms with Gasteiger partial charge in [-0.3, -0.25) is 4.79 Å². The highest BCUT2D eigenvalue weighted by Gasteiger charge is 2.25. The van der Waals surface area contributed by atoms with E-state index in [0.29, 0.717) is 26.2 Å². The van der Waals surface area contributed by atoms with Gasteiger partial charge in [0, 0.05) is 26.2 Å². The molecule has 1 N–H and O–H groups in total. The molecule has 1 heterocycles. The maximum absolute atomic E-state index is 12.1. The molecule has 0 unspecified atom stereocenters. The van der Waals surface area contributed by atoms with Gasteiger partial charge in [-0.1, -0.05) is 12.1 Å². The first kappa shape index (κ1) is 14.8. The number of piperazine rings is 1. The van der Waals surface area contributed by atoms with Crippen LogP contribution in [0.5, 0.6) is 5.75 Å². The fourth-order valence-electron chi connectivity index (χ4n) is 2.22. The highest BCUT2D eigenvalue weighted by molar-refractivity contribution is 7.88. The molecule has 0 aromatic heterocycles. The number of nitrogens with zero attached hydrogens (tertiary/aromatic N) is 2. The Hall–Kier alpha value is -1.60. The summed E-state index contributed by atoms with van der Waals surface area (Å²) in [5.74, 6) is 0.0842. The van der Waals surface area contributed by atoms with Gasteiger partial charge in [-0.2, -0.15) is 4.31 Å². The second-order valence-corrected chi connectivity index (χ2v) is 6.87. The van der Waals surface area contributed by atoms with E-state index < -0.39 is 10.0 Å². The fraction of sp³-hybridized carbons (Fsp3) is 0.462. The molecule has 1 aromatic carbocycles. The molecule has 1 aromatic rings. The van der Waals surface area contributed by atoms with Crippen LogP contribution >= 0.6 is 0 Å². The molecule has 1 saturated heterocycles. The van der Waals surface area contributed by atoms with Crippen LogP contribution in [0.15, 0.2) is 24.3 Å². The van der Waals surface area contributed by atoms with Crippen LogP contribution in [0.3, 0.4) is 0 Å². The van der Waals surface area contributed by atoms with E-state index in [4.69, 9.17) is 0 Å². The topological polar surface area (TPSA) is 77.9 Å². The normalized spacial score (nSPS) is 17.1. The summed E-state index contributed by atoms with van der Waals surface area (Å²) in [4.78, 5) is 13.8. The molecule has 0 spiro atoms. The smallest absolute Gasteiger partial charge is 0.227 e. The van der Waals surface area contributed by atoms with Gasteiger partial charge >= 0.3 is 0 Å². The van der Waals surface area contributed by atoms with E-state index in [-0.39, 0.29) is 18.1 Å². The van der Waals surface area contributed by atoms with Crippen molar-refractivity contribution < 1.29 is 18.3 Å². The SMILES string of the molecule is CS(=O)(=O)N1CCN(C(=O)Cc2cccc(O)c2)CC1. The van der Waals surface area contributed by atoms with Gasteiger partial charge in [0.1, 0.15) is 5.75 Å². The van der Waals surface area contributed by atoms with E-state index in [9.17, 15) is 18.3 Å². The van der Waals surface area contributed by atoms with E-state index in [2.05, 4.69) is 0 Å². The lowest BCUT2D eigenvalue weighted by atomic mass is 10.1. The number of hydrogen-bond donors (Lipinski definition) is 1. The minimum atomic E-state index is -3.18. The van der Waals surface area contributed by atoms with Crippen molar-refractivity contribution in [2.24, 2.45) is 0 Å². The van der Waals surface area contributed by atoms with Crippen LogP contribution in [0.25, 0.3) is 0 Å². The lowest BCUT2D eigenvalue weighted by molar-refractivity contribution is -0.131. The number of sulfonamides is 1. The van der Waals surface area contributed by atoms with Crippen LogP contribution in [0.2, 0.25) is 0 Å². The Bertz CT molecular complexity index is 592. The second kappa shape index (κ2) is 5.80. The fourth-order valence-corrected chi connectivity index (χ4v) is 3.05. The first-order valence-electron chi connectivity index (χ1n) is 6.37. The highest BCUT2D eigenvalue weighted by Crippen LogP contribution is 2.13. The number of rotatable bonds is 3. The summed E-state index contributed by atoms with van der Waals surface area (Å²) in [6, 6.07) is 6.59. The number of phenols is 1. The van der Waals surface area contributed by atoms with Gasteiger partial charge in [0.25, 0.3) is 0 Å². The van der Waals surface area contributed by atoms with Gasteiger partial charge in [0.2, 0.25) is 15.9 Å². The van der Waals surface area contributed by atoms with Crippen molar-refractivity contribution in [3.63, 3.8) is 0 Å². The summed E-state index contributed by atoms with van der Waals surface area (Å²) in [5.41, 5.74) is 0.751. The molecule has 20 heavy (non-hydrogen) atoms. The maximum atomic E-state index is 12.1. The molecule has 0 saturated carbocycles. The van der Waals surface area contributed by atoms with Crippen molar-refractivity contribution in [1.29, 1.82) is 0 Å². The van der Waals surface area contributed by atoms with Crippen LogP contribution in [0, 0.1) is 0 Å². The summed E-state index contributed by atoms with van der Waals surface area (Å²) >= 11 is 0. The monoisotopic (exact) mass is 298 g/mol. The lowest BCUT2D eigenvalue weighted by Gasteiger charge is -2.33. The van der Waals surface area contributed by atoms with E-state index in [1.807, 2.05) is 0 Å². The molecule has 6 nitrogen and oxygen atoms in total. The van der Waals surface area contributed by atoms with Gasteiger partial charge < -0.3 is 10.0 Å². The molecule has 0 bridgehead atoms. The zero-order chi connectivity index (χ0) is 14.8. The van der Waals surface area contributed by atoms with Gasteiger partial charge in [-0.05, 0) is 17.7 Å². The quantitative estimate of drug-likeness (QED) is 0.854. The Morgan fingerprint density at radius 2 is 1.90 bits per heavy atom. The predicted octanol–water partition coefficient (Wildman–Crippen LogP) is 0.0385. The summed E-state index contributed by atoms with van der Waals surface area (Å²) in [7, 11) is -3.18. The van der Waals surface area contributed by atoms with Gasteiger partial charge in [-0.15, -0.1) is 0 Å². The third-order valence-electron chi connectivity index (χ3n) is 3.33. The molecule has 1 aliphatic heterocycles. The standard InChI is InChI=1S/C13H18N2O4S/c1-20(18,19)15-7-5-14(6-8-15)13(17)10-11-3-2-4-12(16)9-11/h2-4,9,16H,5-8,10H2,1H3. The zero-order valence-corrected chi connectivity index (χ0v) is 12.1. The second-order valence-electron chi connectivity index (χ2n) is 4.89. The number of hydrogen-bond acceptors (Lipinski definition) is 4. The number of carbonyl (C=O) groups excluding carboxylic acids is 1. The summed E-state index contributed by atoms with van der Waals surface area (Å²) < 4.78 is 24.2. The first-order valence-corrected chi connectivity index (χ1v) is 8.22. The minimum absolute atomic E-state index is 0.0521. The number of aromatic hydroxyl groups is 1. The van der Waals surface area contributed by atoms with E-state index in [1.54, 1.807) is 29.2 Å². The molecule has 0 aliphatic carbocycles. The van der Waals surface area contributed by atoms with Crippen LogP contribution in [0.4, 0.5) is 0 Å². The number of benzene rings is 1. The van der Waals surface area contributed by atoms with Crippen molar-refractivity contribution in [3.05, 3.63) is 29.8 Å². The molecule has 1 amide bonds. The van der Waals surface area contributed by atoms with E-state index >= 15 is 0 Å². The largest absolute Gasteiger partial charge is 0.508 e. The highest BCUT2D eigenvalue weighted by atomic mass is 32.2. The Labute approximate surface area is 118 Å². The Kier molecular flexibility index (Phi) is 4.29. The number of phenolic OH excluding ortho intramolecular Hbond substituents is 1. The van der Waals surface area contributed by atoms with Gasteiger partial charge in [0.05, 0.1) is 12.7 Å². The average molecular weight is 298 g/mol. The minimum Gasteiger partial charge on any atom is -0.508 e. The lowest BCUT2D eigenvalue weighted by Crippen LogP contribution is -2.50. The number of amides is 1. The van der Waals surface area contributed by atoms with Crippen LogP contribution in [-0.2, 0) is 21.2 Å². The molecule has 110 valence electrons. The molecule has 1 aliphatic rings. The average Bonchev–Trinajstić information content (AvgIpc) is 2.38. The molecule has 2 rings (SSSR count). The Balaban J connectivity index is 1.92. The van der Waals surface area contributed by atoms with Crippen molar-refractivity contribution in [2.45, 2.75) is 6.42 Å². The van der Waals surface area contributed by atoms with Crippen molar-refractivity contribution >= 4 is 15.9 Å². The van der Waals surface area contributed by atoms with Gasteiger partial charge in [-0.25, -0.2) is 8.42 Å². The Morgan fingerprint density at radius 3 is 2.45 bits per heavy atom. The first-order chi connectivity index (χ1) is 9.36. The summed E-state index contributed by atoms with van der Waals surface area (Å²) in [6.45, 7) is 1.49. The summed E-state index contributed by atoms with van der Waals surface area (Å²) in [5, 5.41) is 9.36. The van der Waals surface area contributed by atoms with Crippen molar-refractivity contribution in [1.82, 2.24) is 9.21 Å². The predicted molar refractivity (Wildman–Crippen MR) is 74.8 cm³/mol. The van der Waals surface area contributed by atoms with Gasteiger partial charge in [0.15, 0.2) is 0 Å². The van der Waals surface area contributed by atoms with E-state index in [0.717, 1.165) is 5.56 Å². The molecule has 0 atom stereocenters. The third-order valence-corrected chi connectivity index (χ3v) is 4.63. The molecule has 0 radical (unpaired) electrons. The van der Waals surface area contributed by atoms with Crippen LogP contribution < -0.4 is 0 Å². The Morgan fingerprint density at radius 1 is 1.25 bits per heavy atom. The van der Waals surface area contributed by atoms with Crippen molar-refractivity contribution in [3.8, 4) is 5.75 Å². The maximum Gasteiger partial charge on any atom is 0.227 e. The summed E-state index contributed by atoms with van der Waals surface area (Å²) in [6.07, 6.45) is 1.39. The number of carbonyl (C=O) groups is 1. The third kappa shape index (κ3) is 3.71. The molecule has 7 heteroatoms. The molecular formula is C13H18N2O4S.